The van der Waals surface area contributed by atoms with Gasteiger partial charge in [-0.3, -0.25) is 0 Å². The second-order valence-corrected chi connectivity index (χ2v) is 11.5. The summed E-state index contributed by atoms with van der Waals surface area (Å²) in [4.78, 5) is 33.1. The number of fused-ring (bicyclic) bond motifs is 3. The zero-order valence-electron chi connectivity index (χ0n) is 20.2. The average molecular weight is 555 g/mol. The molecular formula is C33H20N2O2Se. The molecule has 6 aromatic rings. The van der Waals surface area contributed by atoms with E-state index in [2.05, 4.69) is 52.3 Å². The Morgan fingerprint density at radius 1 is 0.658 bits per heavy atom. The van der Waals surface area contributed by atoms with Crippen molar-refractivity contribution in [1.82, 2.24) is 4.98 Å². The van der Waals surface area contributed by atoms with Crippen molar-refractivity contribution in [1.29, 1.82) is 0 Å². The van der Waals surface area contributed by atoms with Crippen LogP contribution in [0.1, 0.15) is 25.2 Å². The third-order valence-corrected chi connectivity index (χ3v) is 9.05. The quantitative estimate of drug-likeness (QED) is 0.129. The van der Waals surface area contributed by atoms with Gasteiger partial charge in [0.15, 0.2) is 0 Å². The molecule has 0 saturated heterocycles. The summed E-state index contributed by atoms with van der Waals surface area (Å²) in [6.45, 7) is 0. The Labute approximate surface area is 225 Å². The molecule has 2 aromatic heterocycles. The number of anilines is 3. The number of rotatable bonds is 4. The van der Waals surface area contributed by atoms with Gasteiger partial charge in [-0.2, -0.15) is 0 Å². The first-order chi connectivity index (χ1) is 18.7. The third kappa shape index (κ3) is 3.72. The van der Waals surface area contributed by atoms with Gasteiger partial charge >= 0.3 is 226 Å². The molecule has 0 atom stereocenters. The topological polar surface area (TPSA) is 50.3 Å². The van der Waals surface area contributed by atoms with Gasteiger partial charge in [-0.25, -0.2) is 0 Å². The zero-order valence-corrected chi connectivity index (χ0v) is 21.9. The number of hydrogen-bond donors (Lipinski definition) is 0. The van der Waals surface area contributed by atoms with Gasteiger partial charge in [0, 0.05) is 0 Å². The molecule has 4 nitrogen and oxygen atoms in total. The molecule has 0 spiro atoms. The Kier molecular flexibility index (Phi) is 5.40. The van der Waals surface area contributed by atoms with Crippen LogP contribution in [0.25, 0.3) is 27.6 Å². The number of benzene rings is 4. The molecule has 2 heterocycles. The molecule has 0 amide bonds. The van der Waals surface area contributed by atoms with E-state index in [1.807, 2.05) is 60.7 Å². The van der Waals surface area contributed by atoms with Gasteiger partial charge in [0.1, 0.15) is 0 Å². The molecule has 1 aliphatic rings. The third-order valence-electron chi connectivity index (χ3n) is 6.91. The number of carbonyl (C=O) groups is 2. The Morgan fingerprint density at radius 2 is 1.29 bits per heavy atom. The standard InChI is InChI=1S/C33H20N2O2Se/c36-32-27-18-22-7-1-2-8-23(22)19-28(27)33(37)29(32)20-25-12-13-31(38-25)35(24-14-16-34-17-15-24)30-11-5-9-21-6-3-4-10-26(21)30/h1-20H. The summed E-state index contributed by atoms with van der Waals surface area (Å²) in [5, 5.41) is 4.24. The molecule has 0 saturated carbocycles. The molecule has 0 bridgehead atoms. The predicted molar refractivity (Wildman–Crippen MR) is 154 cm³/mol. The fourth-order valence-electron chi connectivity index (χ4n) is 5.10. The van der Waals surface area contributed by atoms with Crippen molar-refractivity contribution in [3.05, 3.63) is 137 Å². The van der Waals surface area contributed by atoms with E-state index in [0.29, 0.717) is 11.1 Å². The molecule has 0 fully saturated rings. The van der Waals surface area contributed by atoms with Crippen LogP contribution >= 0.6 is 0 Å². The first-order valence-corrected chi connectivity index (χ1v) is 14.0. The van der Waals surface area contributed by atoms with Crippen LogP contribution in [0.4, 0.5) is 15.9 Å². The van der Waals surface area contributed by atoms with Crippen LogP contribution < -0.4 is 4.90 Å². The van der Waals surface area contributed by atoms with Crippen molar-refractivity contribution >= 4 is 69.6 Å². The fraction of sp³-hybridized carbons (Fsp3) is 0. The summed E-state index contributed by atoms with van der Waals surface area (Å²) in [6.07, 6.45) is 5.39. The van der Waals surface area contributed by atoms with Crippen LogP contribution in [0, 0.1) is 0 Å². The van der Waals surface area contributed by atoms with E-state index in [-0.39, 0.29) is 31.6 Å². The van der Waals surface area contributed by atoms with Crippen LogP contribution in [0.3, 0.4) is 0 Å². The number of hydrogen-bond acceptors (Lipinski definition) is 4. The minimum atomic E-state index is -0.194. The van der Waals surface area contributed by atoms with Gasteiger partial charge in [-0.05, 0) is 0 Å². The second kappa shape index (κ2) is 9.07. The first kappa shape index (κ1) is 22.6. The maximum atomic E-state index is 13.3. The Balaban J connectivity index is 1.32. The van der Waals surface area contributed by atoms with E-state index >= 15 is 0 Å². The van der Waals surface area contributed by atoms with E-state index in [1.54, 1.807) is 18.5 Å². The van der Waals surface area contributed by atoms with Crippen LogP contribution in [-0.4, -0.2) is 31.1 Å². The van der Waals surface area contributed by atoms with E-state index in [1.165, 1.54) is 0 Å². The van der Waals surface area contributed by atoms with E-state index in [0.717, 1.165) is 41.9 Å². The number of allylic oxidation sites excluding steroid dienone is 1. The molecule has 0 unspecified atom stereocenters. The van der Waals surface area contributed by atoms with Crippen molar-refractivity contribution in [3.63, 3.8) is 0 Å². The van der Waals surface area contributed by atoms with Crippen molar-refractivity contribution in [2.75, 3.05) is 4.90 Å². The van der Waals surface area contributed by atoms with Gasteiger partial charge in [0.25, 0.3) is 0 Å². The van der Waals surface area contributed by atoms with E-state index < -0.39 is 0 Å². The van der Waals surface area contributed by atoms with E-state index in [9.17, 15) is 9.59 Å². The normalized spacial score (nSPS) is 12.8. The number of aromatic nitrogens is 1. The van der Waals surface area contributed by atoms with Crippen molar-refractivity contribution in [3.8, 4) is 0 Å². The Hall–Kier alpha value is -4.57. The number of pyridine rings is 1. The summed E-state index contributed by atoms with van der Waals surface area (Å²) < 4.78 is 2.11. The molecule has 0 aliphatic heterocycles. The van der Waals surface area contributed by atoms with Crippen LogP contribution in [0.15, 0.2) is 121 Å². The number of nitrogens with zero attached hydrogens (tertiary/aromatic N) is 2. The molecule has 1 aliphatic carbocycles. The maximum absolute atomic E-state index is 13.3. The van der Waals surface area contributed by atoms with Gasteiger partial charge in [0.05, 0.1) is 0 Å². The molecular weight excluding hydrogens is 535 g/mol. The minimum absolute atomic E-state index is 0.118. The molecule has 4 aromatic carbocycles. The zero-order chi connectivity index (χ0) is 25.6. The van der Waals surface area contributed by atoms with Crippen molar-refractivity contribution in [2.24, 2.45) is 0 Å². The fourth-order valence-corrected chi connectivity index (χ4v) is 7.17. The molecule has 7 rings (SSSR count). The summed E-state index contributed by atoms with van der Waals surface area (Å²) >= 11 is -0.118. The monoisotopic (exact) mass is 556 g/mol. The Bertz CT molecular complexity index is 1860. The first-order valence-electron chi connectivity index (χ1n) is 12.3. The predicted octanol–water partition coefficient (Wildman–Crippen LogP) is 7.38. The van der Waals surface area contributed by atoms with Crippen molar-refractivity contribution < 1.29 is 9.59 Å². The molecule has 0 radical (unpaired) electrons. The number of Topliss-reactive ketones (excluding diaryl/α,β-unsaturated/α-hetero) is 2. The van der Waals surface area contributed by atoms with Crippen LogP contribution in [-0.2, 0) is 0 Å². The summed E-state index contributed by atoms with van der Waals surface area (Å²) in [7, 11) is 0. The van der Waals surface area contributed by atoms with Crippen molar-refractivity contribution in [2.45, 2.75) is 0 Å². The van der Waals surface area contributed by atoms with E-state index in [4.69, 9.17) is 0 Å². The van der Waals surface area contributed by atoms with Gasteiger partial charge in [-0.15, -0.1) is 0 Å². The van der Waals surface area contributed by atoms with Gasteiger partial charge < -0.3 is 0 Å². The average Bonchev–Trinajstić information content (AvgIpc) is 3.51. The second-order valence-electron chi connectivity index (χ2n) is 9.18. The van der Waals surface area contributed by atoms with Gasteiger partial charge in [0.2, 0.25) is 0 Å². The van der Waals surface area contributed by atoms with Crippen LogP contribution in [0.5, 0.6) is 0 Å². The SMILES string of the molecule is O=C1C(=Cc2ccc(N(c3ccncc3)c3cccc4ccccc34)[se]2)C(=O)c2cc3ccccc3cc21. The number of ketones is 2. The molecule has 38 heavy (non-hydrogen) atoms. The summed E-state index contributed by atoms with van der Waals surface area (Å²) in [5.41, 5.74) is 3.33. The summed E-state index contributed by atoms with van der Waals surface area (Å²) in [5.74, 6) is -0.387. The number of carbonyl (C=O) groups excluding carboxylic acids is 2. The van der Waals surface area contributed by atoms with Crippen LogP contribution in [0.2, 0.25) is 0 Å². The summed E-state index contributed by atoms with van der Waals surface area (Å²) in [6, 6.07) is 34.3. The molecule has 180 valence electrons. The Morgan fingerprint density at radius 3 is 2.00 bits per heavy atom. The van der Waals surface area contributed by atoms with Gasteiger partial charge in [-0.1, -0.05) is 0 Å². The molecule has 5 heteroatoms. The molecule has 0 N–H and O–H groups in total.